The molecule has 236 valence electrons. The van der Waals surface area contributed by atoms with Gasteiger partial charge in [0.2, 0.25) is 5.95 Å². The summed E-state index contributed by atoms with van der Waals surface area (Å²) >= 11 is 0. The van der Waals surface area contributed by atoms with Crippen molar-refractivity contribution in [1.82, 2.24) is 29.1 Å². The monoisotopic (exact) mass is 660 g/mol. The minimum atomic E-state index is -5.02. The van der Waals surface area contributed by atoms with Gasteiger partial charge in [0.15, 0.2) is 47.1 Å². The molecule has 3 aromatic heterocycles. The molecule has 4 aliphatic heterocycles. The molecule has 3 saturated heterocycles. The smallest absolute Gasteiger partial charge is 0.369 e. The first-order valence-electron chi connectivity index (χ1n) is 13.0. The Kier molecular flexibility index (Phi) is 7.16. The molecule has 2 unspecified atom stereocenters. The number of Topliss-reactive ketones (excluding diaryl/α,β-unsaturated/α-hetero) is 1. The quantitative estimate of drug-likeness (QED) is 0.271. The molecule has 2 bridgehead atoms. The zero-order chi connectivity index (χ0) is 31.0. The summed E-state index contributed by atoms with van der Waals surface area (Å²) < 4.78 is 76.7. The van der Waals surface area contributed by atoms with Crippen molar-refractivity contribution in [3.8, 4) is 0 Å². The topological polar surface area (TPSA) is 267 Å². The second-order valence-electron chi connectivity index (χ2n) is 10.2. The van der Waals surface area contributed by atoms with Crippen LogP contribution in [0.3, 0.4) is 0 Å². The zero-order valence-electron chi connectivity index (χ0n) is 22.1. The molecule has 0 saturated carbocycles. The number of alkyl halides is 1. The molecule has 4 aliphatic rings. The molecule has 20 nitrogen and oxygen atoms in total. The highest BCUT2D eigenvalue weighted by atomic mass is 31.2. The van der Waals surface area contributed by atoms with Gasteiger partial charge in [-0.05, 0) is 0 Å². The highest BCUT2D eigenvalue weighted by Gasteiger charge is 2.53. The Balaban J connectivity index is 1.18. The van der Waals surface area contributed by atoms with Gasteiger partial charge in [0.1, 0.15) is 18.3 Å². The number of carbonyl (C=O) groups is 1. The molecule has 7 rings (SSSR count). The molecule has 44 heavy (non-hydrogen) atoms. The lowest BCUT2D eigenvalue weighted by molar-refractivity contribution is -0.0670. The third kappa shape index (κ3) is 5.24. The largest absolute Gasteiger partial charge is 0.472 e. The van der Waals surface area contributed by atoms with Gasteiger partial charge >= 0.3 is 15.6 Å². The number of imidazole rings is 2. The second kappa shape index (κ2) is 10.7. The van der Waals surface area contributed by atoms with Crippen molar-refractivity contribution in [2.24, 2.45) is 4.99 Å². The number of halogens is 1. The number of anilines is 1. The second-order valence-corrected chi connectivity index (χ2v) is 13.0. The zero-order valence-corrected chi connectivity index (χ0v) is 23.9. The van der Waals surface area contributed by atoms with Gasteiger partial charge in [-0.1, -0.05) is 0 Å². The number of H-pyrrole nitrogens is 1. The molecule has 0 aliphatic carbocycles. The highest BCUT2D eigenvalue weighted by Crippen LogP contribution is 2.54. The number of ketones is 1. The number of nitrogens with two attached hydrogens (primary N) is 1. The van der Waals surface area contributed by atoms with Crippen molar-refractivity contribution in [2.45, 2.75) is 55.9 Å². The molecule has 3 fully saturated rings. The van der Waals surface area contributed by atoms with Crippen molar-refractivity contribution >= 4 is 50.6 Å². The maximum Gasteiger partial charge on any atom is 0.472 e. The fourth-order valence-electron chi connectivity index (χ4n) is 5.38. The Bertz CT molecular complexity index is 1830. The van der Waals surface area contributed by atoms with Crippen LogP contribution in [0.5, 0.6) is 0 Å². The molecule has 5 N–H and O–H groups in total. The molecule has 0 aromatic carbocycles. The number of phosphoric acid groups is 2. The lowest BCUT2D eigenvalue weighted by Gasteiger charge is -2.25. The standard InChI is InChI=1S/C21H23FN8O12P2/c22-12-15-11(40-20(12)29-6-25-13-9(31)1-2-24-16(13)29)5-38-43(33,34)41-10-3-8(4-37-44(35,36)42-15)39-19(10)30-7-26-14-17(30)27-21(23)28-18(14)32/h2,6-8,10-12,15,19-20H,1,3-5H2,(H,33,34)(H,35,36)(H3,23,27,28,32)/t8-,10+,11+,12+,15+,19+,20+/m0/s1. The van der Waals surface area contributed by atoms with Gasteiger partial charge < -0.3 is 25.0 Å². The summed E-state index contributed by atoms with van der Waals surface area (Å²) in [7, 11) is -9.99. The van der Waals surface area contributed by atoms with Gasteiger partial charge in [-0.25, -0.2) is 28.5 Å². The lowest BCUT2D eigenvalue weighted by atomic mass is 10.1. The highest BCUT2D eigenvalue weighted by molar-refractivity contribution is 7.47. The Morgan fingerprint density at radius 1 is 1.00 bits per heavy atom. The third-order valence-electron chi connectivity index (χ3n) is 7.28. The number of nitrogen functional groups attached to an aromatic ring is 1. The summed E-state index contributed by atoms with van der Waals surface area (Å²) in [5.41, 5.74) is 4.85. The van der Waals surface area contributed by atoms with Crippen LogP contribution in [0.1, 0.15) is 35.8 Å². The van der Waals surface area contributed by atoms with E-state index in [-0.39, 0.29) is 47.2 Å². The van der Waals surface area contributed by atoms with Crippen LogP contribution >= 0.6 is 15.6 Å². The van der Waals surface area contributed by atoms with Crippen molar-refractivity contribution in [3.05, 3.63) is 28.7 Å². The van der Waals surface area contributed by atoms with Gasteiger partial charge in [0.25, 0.3) is 5.56 Å². The minimum Gasteiger partial charge on any atom is -0.369 e. The van der Waals surface area contributed by atoms with Crippen LogP contribution in [0.2, 0.25) is 0 Å². The van der Waals surface area contributed by atoms with Crippen LogP contribution < -0.4 is 11.3 Å². The molecule has 0 radical (unpaired) electrons. The van der Waals surface area contributed by atoms with Crippen molar-refractivity contribution < 1.29 is 55.7 Å². The van der Waals surface area contributed by atoms with E-state index in [4.69, 9.17) is 33.3 Å². The van der Waals surface area contributed by atoms with Gasteiger partial charge in [-0.15, -0.1) is 0 Å². The van der Waals surface area contributed by atoms with Crippen LogP contribution in [-0.4, -0.2) is 94.7 Å². The number of fused-ring (bicyclic) bond motifs is 5. The predicted molar refractivity (Wildman–Crippen MR) is 141 cm³/mol. The Morgan fingerprint density at radius 2 is 1.75 bits per heavy atom. The fourth-order valence-corrected chi connectivity index (χ4v) is 7.28. The third-order valence-corrected chi connectivity index (χ3v) is 9.28. The summed E-state index contributed by atoms with van der Waals surface area (Å²) in [6, 6.07) is 0. The summed E-state index contributed by atoms with van der Waals surface area (Å²) in [5.74, 6) is -0.601. The maximum atomic E-state index is 15.8. The average molecular weight is 660 g/mol. The van der Waals surface area contributed by atoms with Crippen molar-refractivity contribution in [2.75, 3.05) is 18.9 Å². The number of ether oxygens (including phenoxy) is 2. The number of phosphoric ester groups is 2. The number of aromatic nitrogens is 6. The van der Waals surface area contributed by atoms with Crippen LogP contribution in [0.15, 0.2) is 22.4 Å². The van der Waals surface area contributed by atoms with E-state index in [1.165, 1.54) is 17.1 Å². The van der Waals surface area contributed by atoms with E-state index >= 15 is 4.39 Å². The average Bonchev–Trinajstić information content (AvgIpc) is 3.72. The normalized spacial score (nSPS) is 37.7. The van der Waals surface area contributed by atoms with Crippen LogP contribution in [0, 0.1) is 0 Å². The number of nitrogens with zero attached hydrogens (tertiary/aromatic N) is 6. The Hall–Kier alpha value is -3.23. The lowest BCUT2D eigenvalue weighted by Crippen LogP contribution is -2.34. The van der Waals surface area contributed by atoms with E-state index in [1.807, 2.05) is 0 Å². The van der Waals surface area contributed by atoms with Gasteiger partial charge in [0.05, 0.1) is 32.0 Å². The number of aliphatic imine (C=N–C) groups is 1. The first kappa shape index (κ1) is 29.5. The summed E-state index contributed by atoms with van der Waals surface area (Å²) in [6.07, 6.45) is -7.29. The molecule has 23 heteroatoms. The molecule has 9 atom stereocenters. The molecular formula is C21H23FN8O12P2. The van der Waals surface area contributed by atoms with E-state index < -0.39 is 77.5 Å². The van der Waals surface area contributed by atoms with E-state index in [2.05, 4.69) is 24.9 Å². The van der Waals surface area contributed by atoms with Gasteiger partial charge in [0, 0.05) is 19.1 Å². The summed E-state index contributed by atoms with van der Waals surface area (Å²) in [4.78, 5) is 63.9. The first-order chi connectivity index (χ1) is 20.9. The number of aromatic amines is 1. The van der Waals surface area contributed by atoms with Crippen molar-refractivity contribution in [3.63, 3.8) is 0 Å². The number of hydrogen-bond acceptors (Lipinski definition) is 15. The van der Waals surface area contributed by atoms with E-state index in [9.17, 15) is 28.5 Å². The first-order valence-corrected chi connectivity index (χ1v) is 16.0. The molecule has 0 spiro atoms. The molecular weight excluding hydrogens is 637 g/mol. The van der Waals surface area contributed by atoms with Gasteiger partial charge in [-0.3, -0.25) is 41.8 Å². The van der Waals surface area contributed by atoms with Crippen LogP contribution in [0.4, 0.5) is 16.2 Å². The number of carbonyl (C=O) groups excluding carboxylic acids is 1. The molecule has 0 amide bonds. The number of nitrogens with one attached hydrogen (secondary N) is 1. The fraction of sp³-hybridized carbons (Fsp3) is 0.524. The van der Waals surface area contributed by atoms with Crippen LogP contribution in [0.25, 0.3) is 11.2 Å². The van der Waals surface area contributed by atoms with Crippen molar-refractivity contribution in [1.29, 1.82) is 0 Å². The Morgan fingerprint density at radius 3 is 2.57 bits per heavy atom. The summed E-state index contributed by atoms with van der Waals surface area (Å²) in [5, 5.41) is 0. The van der Waals surface area contributed by atoms with Crippen LogP contribution in [-0.2, 0) is 36.7 Å². The number of hydrogen-bond donors (Lipinski definition) is 4. The van der Waals surface area contributed by atoms with E-state index in [0.29, 0.717) is 0 Å². The van der Waals surface area contributed by atoms with E-state index in [1.54, 1.807) is 0 Å². The minimum absolute atomic E-state index is 0.0000917. The summed E-state index contributed by atoms with van der Waals surface area (Å²) in [6.45, 7) is -1.45. The van der Waals surface area contributed by atoms with E-state index in [0.717, 1.165) is 10.9 Å². The molecule has 3 aromatic rings. The molecule has 7 heterocycles. The number of rotatable bonds is 2. The Labute approximate surface area is 244 Å². The predicted octanol–water partition coefficient (Wildman–Crippen LogP) is 0.428. The van der Waals surface area contributed by atoms with Gasteiger partial charge in [-0.2, -0.15) is 4.98 Å². The maximum absolute atomic E-state index is 15.8. The SMILES string of the molecule is Nc1nc2c(ncn2[C@@H]2O[C@@H]3COP(=O)(O)O[C@H]4[C@@H](F)[C@H](n5cnc6c5N=CCC6=O)O[C@@H]4COP(=O)(O)O[C@@H]2C3)c(=O)[nH]1.